The first-order chi connectivity index (χ1) is 16.5. The summed E-state index contributed by atoms with van der Waals surface area (Å²) in [6.07, 6.45) is 32.3. The van der Waals surface area contributed by atoms with Crippen molar-refractivity contribution in [2.24, 2.45) is 0 Å². The molecule has 0 unspecified atom stereocenters. The minimum absolute atomic E-state index is 0.142. The number of nitrogens with one attached hydrogen (secondary N) is 1. The number of allylic oxidation sites excluding steroid dienone is 12. The normalized spacial score (nSPS) is 12.5. The molecule has 7 heteroatoms. The molecule has 0 atom stereocenters. The van der Waals surface area contributed by atoms with Gasteiger partial charge in [0.15, 0.2) is 6.73 Å². The monoisotopic (exact) mass is 470 g/mol. The molecule has 0 fully saturated rings. The Labute approximate surface area is 200 Å². The standard InChI is InChI=1S/C27H35FN2O4/c1-2-3-4-5-6-7-8-9-10-11-12-13-14-15-16-17-18-19-20-21-25(31)34-23-30-22-24(28)26(32)29-27(30)33/h3-4,6-7,9-10,12-13,15-16,18-19,22H,2,5,8,11,14,17,20-21,23H2,1H3,(H,29,32,33)/b4-3+,7-6+,10-9+,13-12+,16-15+,19-18+. The summed E-state index contributed by atoms with van der Waals surface area (Å²) in [5.41, 5.74) is -1.94. The van der Waals surface area contributed by atoms with Crippen LogP contribution in [0.2, 0.25) is 0 Å². The van der Waals surface area contributed by atoms with Crippen molar-refractivity contribution >= 4 is 5.97 Å². The van der Waals surface area contributed by atoms with Gasteiger partial charge in [0.25, 0.3) is 5.56 Å². The number of nitrogens with zero attached hydrogens (tertiary/aromatic N) is 1. The van der Waals surface area contributed by atoms with E-state index in [9.17, 15) is 18.8 Å². The third-order valence-electron chi connectivity index (χ3n) is 4.44. The number of carbonyl (C=O) groups is 1. The van der Waals surface area contributed by atoms with Gasteiger partial charge >= 0.3 is 11.7 Å². The number of aromatic amines is 1. The molecule has 184 valence electrons. The van der Waals surface area contributed by atoms with Gasteiger partial charge in [-0.3, -0.25) is 19.1 Å². The number of aromatic nitrogens is 2. The zero-order valence-corrected chi connectivity index (χ0v) is 19.8. The van der Waals surface area contributed by atoms with Crippen molar-refractivity contribution in [2.75, 3.05) is 0 Å². The maximum atomic E-state index is 13.2. The fraction of sp³-hybridized carbons (Fsp3) is 0.370. The van der Waals surface area contributed by atoms with Crippen molar-refractivity contribution in [3.05, 3.63) is 106 Å². The molecular weight excluding hydrogens is 435 g/mol. The third-order valence-corrected chi connectivity index (χ3v) is 4.44. The van der Waals surface area contributed by atoms with Crippen LogP contribution in [-0.4, -0.2) is 15.5 Å². The van der Waals surface area contributed by atoms with Gasteiger partial charge in [0, 0.05) is 6.42 Å². The van der Waals surface area contributed by atoms with Crippen LogP contribution in [0, 0.1) is 5.82 Å². The summed E-state index contributed by atoms with van der Waals surface area (Å²) in [5, 5.41) is 0. The average Bonchev–Trinajstić information content (AvgIpc) is 2.82. The molecule has 0 saturated heterocycles. The van der Waals surface area contributed by atoms with Crippen LogP contribution in [0.25, 0.3) is 0 Å². The Morgan fingerprint density at radius 2 is 1.32 bits per heavy atom. The van der Waals surface area contributed by atoms with Gasteiger partial charge in [-0.15, -0.1) is 0 Å². The average molecular weight is 471 g/mol. The van der Waals surface area contributed by atoms with Gasteiger partial charge in [0.2, 0.25) is 5.82 Å². The Balaban J connectivity index is 2.07. The largest absolute Gasteiger partial charge is 0.444 e. The van der Waals surface area contributed by atoms with E-state index in [1.54, 1.807) is 4.98 Å². The van der Waals surface area contributed by atoms with Crippen molar-refractivity contribution in [3.63, 3.8) is 0 Å². The number of hydrogen-bond donors (Lipinski definition) is 1. The van der Waals surface area contributed by atoms with E-state index in [4.69, 9.17) is 4.74 Å². The molecule has 1 aromatic heterocycles. The molecule has 1 rings (SSSR count). The second kappa shape index (κ2) is 19.0. The van der Waals surface area contributed by atoms with Crippen molar-refractivity contribution in [1.82, 2.24) is 9.55 Å². The number of ether oxygens (including phenoxy) is 1. The highest BCUT2D eigenvalue weighted by Gasteiger charge is 2.06. The number of hydrogen-bond acceptors (Lipinski definition) is 4. The van der Waals surface area contributed by atoms with Gasteiger partial charge in [-0.1, -0.05) is 79.8 Å². The zero-order chi connectivity index (χ0) is 24.9. The van der Waals surface area contributed by atoms with Gasteiger partial charge < -0.3 is 4.74 Å². The summed E-state index contributed by atoms with van der Waals surface area (Å²) in [6.45, 7) is 1.68. The van der Waals surface area contributed by atoms with E-state index < -0.39 is 29.8 Å². The number of carbonyl (C=O) groups excluding carboxylic acids is 1. The van der Waals surface area contributed by atoms with Crippen LogP contribution in [-0.2, 0) is 16.3 Å². The highest BCUT2D eigenvalue weighted by atomic mass is 19.1. The van der Waals surface area contributed by atoms with E-state index in [0.717, 1.165) is 43.1 Å². The summed E-state index contributed by atoms with van der Waals surface area (Å²) in [6, 6.07) is 0. The molecule has 0 aliphatic rings. The van der Waals surface area contributed by atoms with Crippen LogP contribution in [0.3, 0.4) is 0 Å². The number of rotatable bonds is 16. The molecular formula is C27H35FN2O4. The van der Waals surface area contributed by atoms with Crippen LogP contribution in [0.1, 0.15) is 58.3 Å². The highest BCUT2D eigenvalue weighted by molar-refractivity contribution is 5.69. The topological polar surface area (TPSA) is 81.2 Å². The summed E-state index contributed by atoms with van der Waals surface area (Å²) in [7, 11) is 0. The lowest BCUT2D eigenvalue weighted by Gasteiger charge is -2.06. The second-order valence-corrected chi connectivity index (χ2v) is 7.31. The van der Waals surface area contributed by atoms with Crippen LogP contribution in [0.5, 0.6) is 0 Å². The van der Waals surface area contributed by atoms with Gasteiger partial charge in [0.05, 0.1) is 6.20 Å². The Hall–Kier alpha value is -3.48. The van der Waals surface area contributed by atoms with E-state index in [2.05, 4.69) is 67.7 Å². The van der Waals surface area contributed by atoms with Crippen molar-refractivity contribution in [3.8, 4) is 0 Å². The van der Waals surface area contributed by atoms with E-state index >= 15 is 0 Å². The maximum absolute atomic E-state index is 13.2. The fourth-order valence-corrected chi connectivity index (χ4v) is 2.63. The molecule has 1 N–H and O–H groups in total. The highest BCUT2D eigenvalue weighted by Crippen LogP contribution is 1.99. The van der Waals surface area contributed by atoms with E-state index in [1.807, 2.05) is 12.2 Å². The predicted octanol–water partition coefficient (Wildman–Crippen LogP) is 5.65. The molecule has 1 aromatic rings. The lowest BCUT2D eigenvalue weighted by atomic mass is 10.2. The summed E-state index contributed by atoms with van der Waals surface area (Å²) >= 11 is 0. The minimum Gasteiger partial charge on any atom is -0.444 e. The molecule has 34 heavy (non-hydrogen) atoms. The molecule has 0 spiro atoms. The molecule has 0 bridgehead atoms. The molecule has 0 amide bonds. The third kappa shape index (κ3) is 14.6. The van der Waals surface area contributed by atoms with E-state index in [-0.39, 0.29) is 6.42 Å². The van der Waals surface area contributed by atoms with E-state index in [0.29, 0.717) is 12.6 Å². The number of H-pyrrole nitrogens is 1. The lowest BCUT2D eigenvalue weighted by Crippen LogP contribution is -2.32. The predicted molar refractivity (Wildman–Crippen MR) is 135 cm³/mol. The van der Waals surface area contributed by atoms with Crippen LogP contribution in [0.15, 0.2) is 88.7 Å². The summed E-state index contributed by atoms with van der Waals surface area (Å²) in [4.78, 5) is 35.9. The smallest absolute Gasteiger partial charge is 0.331 e. The van der Waals surface area contributed by atoms with Crippen molar-refractivity contribution in [1.29, 1.82) is 0 Å². The Bertz CT molecular complexity index is 1010. The first-order valence-corrected chi connectivity index (χ1v) is 11.6. The fourth-order valence-electron chi connectivity index (χ4n) is 2.63. The molecule has 0 aliphatic carbocycles. The first-order valence-electron chi connectivity index (χ1n) is 11.6. The summed E-state index contributed by atoms with van der Waals surface area (Å²) < 4.78 is 18.9. The summed E-state index contributed by atoms with van der Waals surface area (Å²) in [5.74, 6) is -1.63. The molecule has 0 aromatic carbocycles. The Morgan fingerprint density at radius 1 is 0.853 bits per heavy atom. The quantitative estimate of drug-likeness (QED) is 0.250. The van der Waals surface area contributed by atoms with Crippen molar-refractivity contribution < 1.29 is 13.9 Å². The van der Waals surface area contributed by atoms with Gasteiger partial charge in [-0.25, -0.2) is 4.79 Å². The van der Waals surface area contributed by atoms with Gasteiger partial charge in [0.1, 0.15) is 0 Å². The maximum Gasteiger partial charge on any atom is 0.331 e. The molecule has 6 nitrogen and oxygen atoms in total. The van der Waals surface area contributed by atoms with Crippen molar-refractivity contribution in [2.45, 2.75) is 65.0 Å². The number of esters is 1. The van der Waals surface area contributed by atoms with Crippen LogP contribution >= 0.6 is 0 Å². The van der Waals surface area contributed by atoms with Crippen LogP contribution in [0.4, 0.5) is 4.39 Å². The Kier molecular flexibility index (Phi) is 16.0. The molecule has 0 aliphatic heterocycles. The molecule has 0 saturated carbocycles. The van der Waals surface area contributed by atoms with Gasteiger partial charge in [-0.2, -0.15) is 4.39 Å². The van der Waals surface area contributed by atoms with Gasteiger partial charge in [-0.05, 0) is 44.9 Å². The number of halogens is 1. The first kappa shape index (κ1) is 28.6. The lowest BCUT2D eigenvalue weighted by molar-refractivity contribution is -0.147. The zero-order valence-electron chi connectivity index (χ0n) is 19.8. The molecule has 1 heterocycles. The Morgan fingerprint density at radius 3 is 1.82 bits per heavy atom. The second-order valence-electron chi connectivity index (χ2n) is 7.31. The SMILES string of the molecule is CC/C=C/C/C=C/C/C=C/C/C=C/C/C=C/C/C=C/CCC(=O)OCn1cc(F)c(=O)[nH]c1=O. The van der Waals surface area contributed by atoms with E-state index in [1.165, 1.54) is 0 Å². The van der Waals surface area contributed by atoms with Crippen LogP contribution < -0.4 is 11.2 Å². The minimum atomic E-state index is -1.12. The molecule has 0 radical (unpaired) electrons.